The van der Waals surface area contributed by atoms with Gasteiger partial charge in [0, 0.05) is 36.5 Å². The number of hydrogen-bond donors (Lipinski definition) is 4. The number of H-pyrrole nitrogens is 1. The van der Waals surface area contributed by atoms with E-state index in [-0.39, 0.29) is 30.0 Å². The molecule has 3 aromatic rings. The van der Waals surface area contributed by atoms with Gasteiger partial charge in [-0.2, -0.15) is 0 Å². The first kappa shape index (κ1) is 21.3. The maximum absolute atomic E-state index is 12.7. The molecule has 3 aromatic heterocycles. The Morgan fingerprint density at radius 2 is 2.03 bits per heavy atom. The van der Waals surface area contributed by atoms with Crippen LogP contribution in [0.2, 0.25) is 0 Å². The molecule has 0 radical (unpaired) electrons. The van der Waals surface area contributed by atoms with Gasteiger partial charge in [0.2, 0.25) is 0 Å². The third-order valence-corrected chi connectivity index (χ3v) is 4.73. The molecule has 0 aromatic carbocycles. The molecule has 3 rings (SSSR count). The average molecular weight is 409 g/mol. The van der Waals surface area contributed by atoms with Crippen LogP contribution in [-0.2, 0) is 0 Å². The van der Waals surface area contributed by atoms with Crippen LogP contribution in [0.25, 0.3) is 5.69 Å². The summed E-state index contributed by atoms with van der Waals surface area (Å²) in [6.45, 7) is 7.48. The zero-order chi connectivity index (χ0) is 21.8. The van der Waals surface area contributed by atoms with Crippen LogP contribution in [0, 0.1) is 6.92 Å². The lowest BCUT2D eigenvalue weighted by atomic mass is 10.1. The molecule has 0 bridgehead atoms. The Kier molecular flexibility index (Phi) is 6.37. The molecular weight excluding hydrogens is 382 g/mol. The average Bonchev–Trinajstić information content (AvgIpc) is 3.15. The minimum absolute atomic E-state index is 0.0502. The van der Waals surface area contributed by atoms with Crippen molar-refractivity contribution in [3.05, 3.63) is 70.2 Å². The number of nitrogens with zero attached hydrogens (tertiary/aromatic N) is 2. The zero-order valence-corrected chi connectivity index (χ0v) is 17.6. The summed E-state index contributed by atoms with van der Waals surface area (Å²) in [6.07, 6.45) is 6.77. The summed E-state index contributed by atoms with van der Waals surface area (Å²) in [5.74, 6) is -0.293. The Labute approximate surface area is 175 Å². The Bertz CT molecular complexity index is 1100. The fourth-order valence-electron chi connectivity index (χ4n) is 3.11. The molecule has 1 amide bonds. The normalized spacial score (nSPS) is 12.1. The molecule has 158 valence electrons. The number of pyridine rings is 2. The van der Waals surface area contributed by atoms with E-state index in [1.165, 1.54) is 6.20 Å². The van der Waals surface area contributed by atoms with Crippen molar-refractivity contribution in [2.45, 2.75) is 39.7 Å². The summed E-state index contributed by atoms with van der Waals surface area (Å²) in [4.78, 5) is 32.3. The van der Waals surface area contributed by atoms with Gasteiger partial charge in [0.05, 0.1) is 23.5 Å². The number of rotatable bonds is 7. The SMILES string of the molecule is Cc1ccn(-c2cc(Nc3ccncc3C(=O)NC(C)CO)c(C(C)C)[nH]c2=O)c1. The van der Waals surface area contributed by atoms with E-state index in [4.69, 9.17) is 0 Å². The molecule has 0 aliphatic carbocycles. The molecule has 0 fully saturated rings. The number of amides is 1. The lowest BCUT2D eigenvalue weighted by Gasteiger charge is -2.18. The molecule has 0 aliphatic heterocycles. The van der Waals surface area contributed by atoms with Gasteiger partial charge in [0.15, 0.2) is 0 Å². The molecule has 0 saturated carbocycles. The van der Waals surface area contributed by atoms with E-state index in [0.717, 1.165) is 11.3 Å². The fourth-order valence-corrected chi connectivity index (χ4v) is 3.11. The van der Waals surface area contributed by atoms with E-state index in [2.05, 4.69) is 20.6 Å². The molecule has 1 atom stereocenters. The van der Waals surface area contributed by atoms with Crippen LogP contribution in [0.5, 0.6) is 0 Å². The molecule has 30 heavy (non-hydrogen) atoms. The van der Waals surface area contributed by atoms with Gasteiger partial charge in [-0.05, 0) is 43.5 Å². The highest BCUT2D eigenvalue weighted by Gasteiger charge is 2.17. The highest BCUT2D eigenvalue weighted by atomic mass is 16.3. The van der Waals surface area contributed by atoms with Gasteiger partial charge in [-0.1, -0.05) is 13.8 Å². The maximum Gasteiger partial charge on any atom is 0.272 e. The van der Waals surface area contributed by atoms with E-state index in [9.17, 15) is 14.7 Å². The molecule has 0 saturated heterocycles. The van der Waals surface area contributed by atoms with Crippen LogP contribution in [-0.4, -0.2) is 38.2 Å². The summed E-state index contributed by atoms with van der Waals surface area (Å²) in [7, 11) is 0. The Morgan fingerprint density at radius 1 is 1.27 bits per heavy atom. The van der Waals surface area contributed by atoms with Crippen molar-refractivity contribution in [3.8, 4) is 5.69 Å². The Hall–Kier alpha value is -3.39. The first-order chi connectivity index (χ1) is 14.3. The van der Waals surface area contributed by atoms with Crippen LogP contribution in [0.15, 0.2) is 47.8 Å². The number of aryl methyl sites for hydroxylation is 1. The van der Waals surface area contributed by atoms with E-state index in [0.29, 0.717) is 22.6 Å². The van der Waals surface area contributed by atoms with Gasteiger partial charge >= 0.3 is 0 Å². The number of nitrogens with one attached hydrogen (secondary N) is 3. The van der Waals surface area contributed by atoms with E-state index >= 15 is 0 Å². The summed E-state index contributed by atoms with van der Waals surface area (Å²) in [6, 6.07) is 5.03. The van der Waals surface area contributed by atoms with Gasteiger partial charge in [0.1, 0.15) is 5.69 Å². The molecule has 1 unspecified atom stereocenters. The standard InChI is InChI=1S/C22H27N5O3/c1-13(2)20-18(9-19(22(30)26-20)27-8-6-14(3)11-27)25-17-5-7-23-10-16(17)21(29)24-15(4)12-28/h5-11,13,15,28H,12H2,1-4H3,(H,23,25)(H,24,29)(H,26,30). The largest absolute Gasteiger partial charge is 0.394 e. The third kappa shape index (κ3) is 4.60. The van der Waals surface area contributed by atoms with Crippen molar-refractivity contribution in [3.63, 3.8) is 0 Å². The minimum atomic E-state index is -0.381. The molecule has 8 nitrogen and oxygen atoms in total. The van der Waals surface area contributed by atoms with Gasteiger partial charge in [-0.25, -0.2) is 0 Å². The molecule has 0 aliphatic rings. The first-order valence-electron chi connectivity index (χ1n) is 9.85. The molecular formula is C22H27N5O3. The van der Waals surface area contributed by atoms with Gasteiger partial charge in [0.25, 0.3) is 11.5 Å². The van der Waals surface area contributed by atoms with Crippen LogP contribution >= 0.6 is 0 Å². The monoisotopic (exact) mass is 409 g/mol. The highest BCUT2D eigenvalue weighted by Crippen LogP contribution is 2.27. The van der Waals surface area contributed by atoms with Gasteiger partial charge in [-0.3, -0.25) is 14.6 Å². The number of aliphatic hydroxyl groups excluding tert-OH is 1. The summed E-state index contributed by atoms with van der Waals surface area (Å²) in [5, 5.41) is 15.2. The van der Waals surface area contributed by atoms with Gasteiger partial charge in [-0.15, -0.1) is 0 Å². The van der Waals surface area contributed by atoms with Crippen molar-refractivity contribution in [1.29, 1.82) is 0 Å². The summed E-state index contributed by atoms with van der Waals surface area (Å²) >= 11 is 0. The molecule has 4 N–H and O–H groups in total. The fraction of sp³-hybridized carbons (Fsp3) is 0.318. The second-order valence-electron chi connectivity index (χ2n) is 7.67. The smallest absolute Gasteiger partial charge is 0.272 e. The van der Waals surface area contributed by atoms with E-state index in [1.807, 2.05) is 39.2 Å². The predicted molar refractivity (Wildman–Crippen MR) is 117 cm³/mol. The lowest BCUT2D eigenvalue weighted by Crippen LogP contribution is -2.35. The Morgan fingerprint density at radius 3 is 2.67 bits per heavy atom. The summed E-state index contributed by atoms with van der Waals surface area (Å²) in [5.41, 5.74) is 3.66. The predicted octanol–water partition coefficient (Wildman–Crippen LogP) is 2.85. The highest BCUT2D eigenvalue weighted by molar-refractivity contribution is 6.00. The zero-order valence-electron chi connectivity index (χ0n) is 17.6. The lowest BCUT2D eigenvalue weighted by molar-refractivity contribution is 0.0923. The maximum atomic E-state index is 12.7. The number of aromatic nitrogens is 3. The van der Waals surface area contributed by atoms with Crippen molar-refractivity contribution in [2.75, 3.05) is 11.9 Å². The van der Waals surface area contributed by atoms with Gasteiger partial charge < -0.3 is 25.3 Å². The molecule has 0 spiro atoms. The topological polar surface area (TPSA) is 112 Å². The first-order valence-corrected chi connectivity index (χ1v) is 9.85. The number of hydrogen-bond acceptors (Lipinski definition) is 5. The van der Waals surface area contributed by atoms with E-state index in [1.54, 1.807) is 29.8 Å². The molecule has 3 heterocycles. The van der Waals surface area contributed by atoms with Crippen molar-refractivity contribution in [1.82, 2.24) is 19.9 Å². The number of aromatic amines is 1. The second kappa shape index (κ2) is 8.96. The molecule has 8 heteroatoms. The van der Waals surface area contributed by atoms with Crippen LogP contribution in [0.4, 0.5) is 11.4 Å². The van der Waals surface area contributed by atoms with Crippen molar-refractivity contribution in [2.24, 2.45) is 0 Å². The van der Waals surface area contributed by atoms with Crippen LogP contribution in [0.1, 0.15) is 48.3 Å². The van der Waals surface area contributed by atoms with Crippen molar-refractivity contribution < 1.29 is 9.90 Å². The number of carbonyl (C=O) groups is 1. The Balaban J connectivity index is 2.04. The van der Waals surface area contributed by atoms with E-state index < -0.39 is 0 Å². The second-order valence-corrected chi connectivity index (χ2v) is 7.67. The van der Waals surface area contributed by atoms with Crippen LogP contribution < -0.4 is 16.2 Å². The number of anilines is 2. The summed E-state index contributed by atoms with van der Waals surface area (Å²) < 4.78 is 1.77. The minimum Gasteiger partial charge on any atom is -0.394 e. The van der Waals surface area contributed by atoms with Crippen LogP contribution in [0.3, 0.4) is 0 Å². The quantitative estimate of drug-likeness (QED) is 0.479. The number of aliphatic hydroxyl groups is 1. The number of carbonyl (C=O) groups excluding carboxylic acids is 1. The third-order valence-electron chi connectivity index (χ3n) is 4.73. The van der Waals surface area contributed by atoms with Crippen molar-refractivity contribution >= 4 is 17.3 Å².